The van der Waals surface area contributed by atoms with Crippen LogP contribution < -0.4 is 16.2 Å². The summed E-state index contributed by atoms with van der Waals surface area (Å²) in [5, 5.41) is 7.27. The number of rotatable bonds is 6. The summed E-state index contributed by atoms with van der Waals surface area (Å²) in [5.41, 5.74) is 11.2. The molecule has 0 heterocycles. The summed E-state index contributed by atoms with van der Waals surface area (Å²) >= 11 is 0. The second-order valence-electron chi connectivity index (χ2n) is 3.99. The van der Waals surface area contributed by atoms with Gasteiger partial charge in [-0.2, -0.15) is 5.10 Å². The van der Waals surface area contributed by atoms with Gasteiger partial charge in [-0.25, -0.2) is 0 Å². The van der Waals surface area contributed by atoms with Gasteiger partial charge in [0, 0.05) is 6.54 Å². The van der Waals surface area contributed by atoms with Gasteiger partial charge in [-0.1, -0.05) is 12.1 Å². The van der Waals surface area contributed by atoms with E-state index in [1.165, 1.54) is 0 Å². The molecule has 0 unspecified atom stereocenters. The maximum atomic E-state index is 5.60. The fourth-order valence-corrected chi connectivity index (χ4v) is 1.19. The average molecular weight is 249 g/mol. The molecular weight excluding hydrogens is 230 g/mol. The van der Waals surface area contributed by atoms with Crippen LogP contribution in [0.25, 0.3) is 0 Å². The number of nitrogens with zero attached hydrogens (tertiary/aromatic N) is 3. The molecule has 6 heteroatoms. The molecule has 4 N–H and O–H groups in total. The summed E-state index contributed by atoms with van der Waals surface area (Å²) in [6, 6.07) is 7.56. The Balaban J connectivity index is 2.56. The van der Waals surface area contributed by atoms with Gasteiger partial charge in [0.1, 0.15) is 12.4 Å². The lowest BCUT2D eigenvalue weighted by molar-refractivity contribution is 0.261. The van der Waals surface area contributed by atoms with Crippen molar-refractivity contribution in [3.8, 4) is 5.75 Å². The molecule has 0 spiro atoms. The lowest BCUT2D eigenvalue weighted by Crippen LogP contribution is -2.21. The summed E-state index contributed by atoms with van der Waals surface area (Å²) in [6.07, 6.45) is 1.57. The second kappa shape index (κ2) is 7.29. The molecule has 0 aliphatic carbocycles. The molecule has 0 fully saturated rings. The van der Waals surface area contributed by atoms with Crippen LogP contribution in [-0.2, 0) is 0 Å². The molecule has 6 nitrogen and oxygen atoms in total. The topological polar surface area (TPSA) is 89.2 Å². The molecule has 98 valence electrons. The Bertz CT molecular complexity index is 424. The van der Waals surface area contributed by atoms with Crippen molar-refractivity contribution in [1.82, 2.24) is 4.90 Å². The van der Waals surface area contributed by atoms with Gasteiger partial charge in [0.25, 0.3) is 0 Å². The molecule has 0 saturated heterocycles. The average Bonchev–Trinajstić information content (AvgIpc) is 2.28. The Kier molecular flexibility index (Phi) is 5.66. The van der Waals surface area contributed by atoms with Gasteiger partial charge in [-0.3, -0.25) is 0 Å². The van der Waals surface area contributed by atoms with Gasteiger partial charge < -0.3 is 21.1 Å². The minimum absolute atomic E-state index is 0.0652. The SMILES string of the molecule is CN(C)CCOc1cccc(C=NN=C(N)N)c1. The Labute approximate surface area is 107 Å². The van der Waals surface area contributed by atoms with Crippen molar-refractivity contribution < 1.29 is 4.74 Å². The molecule has 0 radical (unpaired) electrons. The lowest BCUT2D eigenvalue weighted by Gasteiger charge is -2.11. The van der Waals surface area contributed by atoms with Crippen molar-refractivity contribution in [3.63, 3.8) is 0 Å². The molecule has 0 saturated carbocycles. The van der Waals surface area contributed by atoms with Gasteiger partial charge >= 0.3 is 0 Å². The van der Waals surface area contributed by atoms with E-state index in [1.807, 2.05) is 38.4 Å². The van der Waals surface area contributed by atoms with Crippen LogP contribution in [0.3, 0.4) is 0 Å². The summed E-state index contributed by atoms with van der Waals surface area (Å²) in [7, 11) is 4.00. The van der Waals surface area contributed by atoms with E-state index >= 15 is 0 Å². The third-order valence-corrected chi connectivity index (χ3v) is 2.05. The predicted molar refractivity (Wildman–Crippen MR) is 73.9 cm³/mol. The van der Waals surface area contributed by atoms with Crippen molar-refractivity contribution in [2.45, 2.75) is 0 Å². The van der Waals surface area contributed by atoms with Crippen LogP contribution in [0.4, 0.5) is 0 Å². The third-order valence-electron chi connectivity index (χ3n) is 2.05. The summed E-state index contributed by atoms with van der Waals surface area (Å²) in [6.45, 7) is 1.51. The van der Waals surface area contributed by atoms with E-state index in [9.17, 15) is 0 Å². The largest absolute Gasteiger partial charge is 0.492 e. The summed E-state index contributed by atoms with van der Waals surface area (Å²) in [5.74, 6) is 0.732. The Morgan fingerprint density at radius 1 is 1.39 bits per heavy atom. The first-order valence-corrected chi connectivity index (χ1v) is 5.57. The number of benzene rings is 1. The third kappa shape index (κ3) is 5.86. The van der Waals surface area contributed by atoms with Gasteiger partial charge in [-0.15, -0.1) is 5.10 Å². The maximum absolute atomic E-state index is 5.60. The van der Waals surface area contributed by atoms with E-state index in [0.29, 0.717) is 6.61 Å². The Hall–Kier alpha value is -2.08. The Morgan fingerprint density at radius 2 is 2.17 bits per heavy atom. The first-order chi connectivity index (χ1) is 8.58. The van der Waals surface area contributed by atoms with Gasteiger partial charge in [0.15, 0.2) is 0 Å². The highest BCUT2D eigenvalue weighted by atomic mass is 16.5. The van der Waals surface area contributed by atoms with Gasteiger partial charge in [0.2, 0.25) is 5.96 Å². The van der Waals surface area contributed by atoms with Gasteiger partial charge in [0.05, 0.1) is 6.21 Å². The van der Waals surface area contributed by atoms with E-state index < -0.39 is 0 Å². The Morgan fingerprint density at radius 3 is 2.83 bits per heavy atom. The molecule has 0 aliphatic heterocycles. The van der Waals surface area contributed by atoms with Crippen LogP contribution in [0.15, 0.2) is 34.5 Å². The molecule has 0 atom stereocenters. The molecule has 18 heavy (non-hydrogen) atoms. The highest BCUT2D eigenvalue weighted by Gasteiger charge is 1.96. The number of hydrogen-bond acceptors (Lipinski definition) is 4. The molecule has 1 rings (SSSR count). The summed E-state index contributed by atoms with van der Waals surface area (Å²) < 4.78 is 5.60. The van der Waals surface area contributed by atoms with Crippen LogP contribution in [0.5, 0.6) is 5.75 Å². The zero-order valence-electron chi connectivity index (χ0n) is 10.7. The molecular formula is C12H19N5O. The molecule has 0 bridgehead atoms. The highest BCUT2D eigenvalue weighted by molar-refractivity contribution is 5.81. The monoisotopic (exact) mass is 249 g/mol. The minimum Gasteiger partial charge on any atom is -0.492 e. The fraction of sp³-hybridized carbons (Fsp3) is 0.333. The summed E-state index contributed by atoms with van der Waals surface area (Å²) in [4.78, 5) is 2.06. The maximum Gasteiger partial charge on any atom is 0.211 e. The fourth-order valence-electron chi connectivity index (χ4n) is 1.19. The molecule has 1 aromatic rings. The zero-order chi connectivity index (χ0) is 13.4. The molecule has 0 aliphatic rings. The quantitative estimate of drug-likeness (QED) is 0.429. The lowest BCUT2D eigenvalue weighted by atomic mass is 10.2. The number of hydrogen-bond donors (Lipinski definition) is 2. The van der Waals surface area contributed by atoms with E-state index in [-0.39, 0.29) is 5.96 Å². The van der Waals surface area contributed by atoms with Crippen molar-refractivity contribution in [1.29, 1.82) is 0 Å². The van der Waals surface area contributed by atoms with E-state index in [0.717, 1.165) is 17.9 Å². The minimum atomic E-state index is -0.0652. The van der Waals surface area contributed by atoms with Crippen LogP contribution in [-0.4, -0.2) is 44.3 Å². The van der Waals surface area contributed by atoms with Crippen LogP contribution >= 0.6 is 0 Å². The molecule has 0 amide bonds. The number of guanidine groups is 1. The molecule has 0 aromatic heterocycles. The number of likely N-dealkylation sites (N-methyl/N-ethyl adjacent to an activating group) is 1. The smallest absolute Gasteiger partial charge is 0.211 e. The van der Waals surface area contributed by atoms with E-state index in [1.54, 1.807) is 6.21 Å². The van der Waals surface area contributed by atoms with Crippen LogP contribution in [0.2, 0.25) is 0 Å². The number of nitrogens with two attached hydrogens (primary N) is 2. The van der Waals surface area contributed by atoms with Crippen molar-refractivity contribution in [2.24, 2.45) is 21.7 Å². The standard InChI is InChI=1S/C12H19N5O/c1-17(2)6-7-18-11-5-3-4-10(8-11)9-15-16-12(13)14/h3-5,8-9H,6-7H2,1-2H3,(H4,13,14,16). The highest BCUT2D eigenvalue weighted by Crippen LogP contribution is 2.11. The van der Waals surface area contributed by atoms with Crippen LogP contribution in [0.1, 0.15) is 5.56 Å². The second-order valence-corrected chi connectivity index (χ2v) is 3.99. The van der Waals surface area contributed by atoms with Crippen molar-refractivity contribution in [3.05, 3.63) is 29.8 Å². The zero-order valence-corrected chi connectivity index (χ0v) is 10.7. The van der Waals surface area contributed by atoms with Crippen molar-refractivity contribution >= 4 is 12.2 Å². The van der Waals surface area contributed by atoms with Gasteiger partial charge in [-0.05, 0) is 31.8 Å². The first-order valence-electron chi connectivity index (χ1n) is 5.57. The van der Waals surface area contributed by atoms with E-state index in [4.69, 9.17) is 16.2 Å². The van der Waals surface area contributed by atoms with Crippen molar-refractivity contribution in [2.75, 3.05) is 27.2 Å². The van der Waals surface area contributed by atoms with Crippen LogP contribution in [0, 0.1) is 0 Å². The van der Waals surface area contributed by atoms with E-state index in [2.05, 4.69) is 15.1 Å². The first kappa shape index (κ1) is 14.0. The molecule has 1 aromatic carbocycles. The predicted octanol–water partition coefficient (Wildman–Crippen LogP) is 0.234. The number of ether oxygens (including phenoxy) is 1. The normalized spacial score (nSPS) is 10.8.